The number of nitrogens with one attached hydrogen (secondary N) is 1. The van der Waals surface area contributed by atoms with E-state index in [0.717, 1.165) is 5.56 Å². The van der Waals surface area contributed by atoms with Crippen molar-refractivity contribution >= 4 is 29.0 Å². The third-order valence-corrected chi connectivity index (χ3v) is 2.12. The number of carbonyl (C=O) groups excluding carboxylic acids is 1. The Morgan fingerprint density at radius 2 is 2.11 bits per heavy atom. The molecule has 5 nitrogen and oxygen atoms in total. The van der Waals surface area contributed by atoms with Gasteiger partial charge in [-0.1, -0.05) is 30.3 Å². The third-order valence-electron chi connectivity index (χ3n) is 2.03. The van der Waals surface area contributed by atoms with Crippen LogP contribution in [0.4, 0.5) is 0 Å². The number of nitrogens with two attached hydrogens (primary N) is 1. The Kier molecular flexibility index (Phi) is 5.79. The van der Waals surface area contributed by atoms with Crippen LogP contribution in [0.2, 0.25) is 0 Å². The first-order chi connectivity index (χ1) is 8.63. The second-order valence-electron chi connectivity index (χ2n) is 3.38. The summed E-state index contributed by atoms with van der Waals surface area (Å²) in [6, 6.07) is 9.29. The van der Waals surface area contributed by atoms with Crippen LogP contribution in [0.15, 0.2) is 35.4 Å². The number of hydrogen-bond acceptors (Lipinski definition) is 4. The minimum Gasteiger partial charge on any atom is -0.466 e. The maximum atomic E-state index is 11.5. The van der Waals surface area contributed by atoms with Crippen LogP contribution in [-0.4, -0.2) is 23.4 Å². The summed E-state index contributed by atoms with van der Waals surface area (Å²) < 4.78 is 4.89. The standard InChI is InChI=1S/C12H15N3O2S/c1-2-17-11(16)8-10(14-15-12(13)18)9-6-4-3-5-7-9/h3-7H,2,8H2,1H3,(H3,13,15,18). The van der Waals surface area contributed by atoms with Crippen LogP contribution in [0.5, 0.6) is 0 Å². The molecule has 0 saturated heterocycles. The number of ether oxygens (including phenoxy) is 1. The summed E-state index contributed by atoms with van der Waals surface area (Å²) in [7, 11) is 0. The Morgan fingerprint density at radius 3 is 2.67 bits per heavy atom. The summed E-state index contributed by atoms with van der Waals surface area (Å²) >= 11 is 4.67. The first-order valence-electron chi connectivity index (χ1n) is 5.46. The fourth-order valence-electron chi connectivity index (χ4n) is 1.31. The zero-order valence-corrected chi connectivity index (χ0v) is 10.9. The van der Waals surface area contributed by atoms with Crippen molar-refractivity contribution in [3.63, 3.8) is 0 Å². The highest BCUT2D eigenvalue weighted by atomic mass is 32.1. The molecule has 1 rings (SSSR count). The summed E-state index contributed by atoms with van der Waals surface area (Å²) in [6.45, 7) is 2.09. The highest BCUT2D eigenvalue weighted by Crippen LogP contribution is 2.05. The molecule has 1 aromatic carbocycles. The lowest BCUT2D eigenvalue weighted by atomic mass is 10.1. The van der Waals surface area contributed by atoms with E-state index >= 15 is 0 Å². The van der Waals surface area contributed by atoms with Gasteiger partial charge in [-0.2, -0.15) is 5.10 Å². The van der Waals surface area contributed by atoms with Crippen LogP contribution in [0, 0.1) is 0 Å². The summed E-state index contributed by atoms with van der Waals surface area (Å²) in [5.41, 5.74) is 9.13. The third kappa shape index (κ3) is 4.92. The van der Waals surface area contributed by atoms with Crippen LogP contribution < -0.4 is 11.2 Å². The van der Waals surface area contributed by atoms with Gasteiger partial charge in [-0.3, -0.25) is 10.2 Å². The second-order valence-corrected chi connectivity index (χ2v) is 3.82. The molecule has 0 bridgehead atoms. The molecule has 0 aliphatic carbocycles. The van der Waals surface area contributed by atoms with E-state index in [-0.39, 0.29) is 17.5 Å². The molecule has 18 heavy (non-hydrogen) atoms. The number of benzene rings is 1. The van der Waals surface area contributed by atoms with E-state index in [1.165, 1.54) is 0 Å². The SMILES string of the molecule is CCOC(=O)CC(=NNC(N)=S)c1ccccc1. The van der Waals surface area contributed by atoms with Crippen molar-refractivity contribution in [2.24, 2.45) is 10.8 Å². The van der Waals surface area contributed by atoms with Gasteiger partial charge in [0.2, 0.25) is 0 Å². The van der Waals surface area contributed by atoms with Gasteiger partial charge in [-0.05, 0) is 24.7 Å². The minimum absolute atomic E-state index is 0.0484. The van der Waals surface area contributed by atoms with Crippen molar-refractivity contribution in [1.29, 1.82) is 0 Å². The van der Waals surface area contributed by atoms with Gasteiger partial charge in [0.25, 0.3) is 0 Å². The zero-order chi connectivity index (χ0) is 13.4. The highest BCUT2D eigenvalue weighted by molar-refractivity contribution is 7.80. The van der Waals surface area contributed by atoms with E-state index in [4.69, 9.17) is 10.5 Å². The average Bonchev–Trinajstić information content (AvgIpc) is 2.35. The Labute approximate surface area is 111 Å². The molecule has 3 N–H and O–H groups in total. The maximum absolute atomic E-state index is 11.5. The Bertz CT molecular complexity index is 446. The van der Waals surface area contributed by atoms with Crippen LogP contribution >= 0.6 is 12.2 Å². The van der Waals surface area contributed by atoms with Gasteiger partial charge in [-0.25, -0.2) is 0 Å². The monoisotopic (exact) mass is 265 g/mol. The number of carbonyl (C=O) groups is 1. The van der Waals surface area contributed by atoms with E-state index < -0.39 is 0 Å². The lowest BCUT2D eigenvalue weighted by molar-refractivity contribution is -0.141. The molecule has 0 aliphatic rings. The van der Waals surface area contributed by atoms with E-state index in [2.05, 4.69) is 22.7 Å². The van der Waals surface area contributed by atoms with Gasteiger partial charge in [-0.15, -0.1) is 0 Å². The van der Waals surface area contributed by atoms with Crippen molar-refractivity contribution in [2.75, 3.05) is 6.61 Å². The van der Waals surface area contributed by atoms with Crippen molar-refractivity contribution in [2.45, 2.75) is 13.3 Å². The Morgan fingerprint density at radius 1 is 1.44 bits per heavy atom. The van der Waals surface area contributed by atoms with Crippen molar-refractivity contribution in [1.82, 2.24) is 5.43 Å². The number of hydrazone groups is 1. The predicted octanol–water partition coefficient (Wildman–Crippen LogP) is 1.18. The number of nitrogens with zero attached hydrogens (tertiary/aromatic N) is 1. The number of esters is 1. The summed E-state index contributed by atoms with van der Waals surface area (Å²) in [5.74, 6) is -0.343. The first-order valence-corrected chi connectivity index (χ1v) is 5.87. The average molecular weight is 265 g/mol. The molecular formula is C12H15N3O2S. The second kappa shape index (κ2) is 7.39. The molecule has 0 spiro atoms. The molecule has 6 heteroatoms. The van der Waals surface area contributed by atoms with Gasteiger partial charge in [0.15, 0.2) is 5.11 Å². The Balaban J connectivity index is 2.85. The lowest BCUT2D eigenvalue weighted by Gasteiger charge is -2.07. The molecule has 0 amide bonds. The fourth-order valence-corrected chi connectivity index (χ4v) is 1.35. The molecule has 96 valence electrons. The molecule has 0 heterocycles. The van der Waals surface area contributed by atoms with Gasteiger partial charge in [0, 0.05) is 0 Å². The number of rotatable bonds is 5. The number of hydrogen-bond donors (Lipinski definition) is 2. The van der Waals surface area contributed by atoms with E-state index in [9.17, 15) is 4.79 Å². The van der Waals surface area contributed by atoms with E-state index in [1.54, 1.807) is 6.92 Å². The van der Waals surface area contributed by atoms with Crippen molar-refractivity contribution in [3.8, 4) is 0 Å². The van der Waals surface area contributed by atoms with Crippen molar-refractivity contribution < 1.29 is 9.53 Å². The maximum Gasteiger partial charge on any atom is 0.311 e. The van der Waals surface area contributed by atoms with Crippen LogP contribution in [0.25, 0.3) is 0 Å². The molecule has 0 radical (unpaired) electrons. The lowest BCUT2D eigenvalue weighted by Crippen LogP contribution is -2.26. The summed E-state index contributed by atoms with van der Waals surface area (Å²) in [4.78, 5) is 11.5. The highest BCUT2D eigenvalue weighted by Gasteiger charge is 2.10. The van der Waals surface area contributed by atoms with Crippen LogP contribution in [0.3, 0.4) is 0 Å². The van der Waals surface area contributed by atoms with Gasteiger partial charge < -0.3 is 10.5 Å². The molecule has 0 aromatic heterocycles. The van der Waals surface area contributed by atoms with Crippen molar-refractivity contribution in [3.05, 3.63) is 35.9 Å². The zero-order valence-electron chi connectivity index (χ0n) is 10.1. The van der Waals surface area contributed by atoms with Gasteiger partial charge in [0.05, 0.1) is 18.7 Å². The minimum atomic E-state index is -0.343. The van der Waals surface area contributed by atoms with E-state index in [1.807, 2.05) is 30.3 Å². The van der Waals surface area contributed by atoms with Crippen LogP contribution in [-0.2, 0) is 9.53 Å². The molecule has 0 aliphatic heterocycles. The molecular weight excluding hydrogens is 250 g/mol. The molecule has 0 saturated carbocycles. The molecule has 0 fully saturated rings. The van der Waals surface area contributed by atoms with Crippen LogP contribution in [0.1, 0.15) is 18.9 Å². The fraction of sp³-hybridized carbons (Fsp3) is 0.250. The molecule has 1 aromatic rings. The van der Waals surface area contributed by atoms with Gasteiger partial charge >= 0.3 is 5.97 Å². The topological polar surface area (TPSA) is 76.7 Å². The normalized spacial score (nSPS) is 10.8. The first kappa shape index (κ1) is 14.1. The molecule has 0 atom stereocenters. The predicted molar refractivity (Wildman–Crippen MR) is 74.2 cm³/mol. The quantitative estimate of drug-likeness (QED) is 0.362. The van der Waals surface area contributed by atoms with E-state index in [0.29, 0.717) is 12.3 Å². The van der Waals surface area contributed by atoms with Gasteiger partial charge in [0.1, 0.15) is 0 Å². The smallest absolute Gasteiger partial charge is 0.311 e. The summed E-state index contributed by atoms with van der Waals surface area (Å²) in [5, 5.41) is 4.06. The molecule has 0 unspecified atom stereocenters. The number of thiocarbonyl (C=S) groups is 1. The Hall–Kier alpha value is -1.95. The summed E-state index contributed by atoms with van der Waals surface area (Å²) in [6.07, 6.45) is 0.0630. The largest absolute Gasteiger partial charge is 0.466 e.